The van der Waals surface area contributed by atoms with Gasteiger partial charge in [0, 0.05) is 18.1 Å². The second-order valence-electron chi connectivity index (χ2n) is 5.92. The van der Waals surface area contributed by atoms with Crippen LogP contribution in [0.3, 0.4) is 0 Å². The minimum Gasteiger partial charge on any atom is -0.480 e. The van der Waals surface area contributed by atoms with E-state index in [1.54, 1.807) is 13.1 Å². The highest BCUT2D eigenvalue weighted by molar-refractivity contribution is 9.10. The van der Waals surface area contributed by atoms with Gasteiger partial charge < -0.3 is 10.0 Å². The largest absolute Gasteiger partial charge is 0.480 e. The summed E-state index contributed by atoms with van der Waals surface area (Å²) in [7, 11) is 1.69. The third-order valence-electron chi connectivity index (χ3n) is 3.59. The van der Waals surface area contributed by atoms with Crippen LogP contribution in [0.1, 0.15) is 41.5 Å². The molecule has 0 spiro atoms. The molecule has 0 radical (unpaired) electrons. The van der Waals surface area contributed by atoms with E-state index in [9.17, 15) is 9.59 Å². The van der Waals surface area contributed by atoms with Crippen molar-refractivity contribution in [3.8, 4) is 0 Å². The Morgan fingerprint density at radius 1 is 1.33 bits per heavy atom. The summed E-state index contributed by atoms with van der Waals surface area (Å²) in [6.07, 6.45) is 0. The number of carboxylic acids is 1. The van der Waals surface area contributed by atoms with Crippen molar-refractivity contribution in [3.05, 3.63) is 51.8 Å². The Labute approximate surface area is 149 Å². The highest BCUT2D eigenvalue weighted by Crippen LogP contribution is 2.18. The van der Waals surface area contributed by atoms with Crippen molar-refractivity contribution in [1.29, 1.82) is 0 Å². The number of hydrogen-bond acceptors (Lipinski definition) is 3. The molecule has 0 aliphatic rings. The van der Waals surface area contributed by atoms with Gasteiger partial charge in [-0.25, -0.2) is 0 Å². The second kappa shape index (κ2) is 7.61. The van der Waals surface area contributed by atoms with Crippen LogP contribution in [-0.4, -0.2) is 38.2 Å². The number of aliphatic carboxylic acids is 1. The summed E-state index contributed by atoms with van der Waals surface area (Å²) in [4.78, 5) is 25.3. The molecule has 0 aliphatic carbocycles. The summed E-state index contributed by atoms with van der Waals surface area (Å²) in [5.74, 6) is -1.21. The molecule has 2 aromatic rings. The van der Waals surface area contributed by atoms with E-state index >= 15 is 0 Å². The maximum absolute atomic E-state index is 12.8. The standard InChI is InChI=1S/C17H20BrN3O3/c1-11(2)14-8-15(20(3)19-14)17(24)21(10-16(22)23)9-12-5-4-6-13(18)7-12/h4-8,11H,9-10H2,1-3H3,(H,22,23). The van der Waals surface area contributed by atoms with E-state index < -0.39 is 5.97 Å². The molecule has 0 atom stereocenters. The maximum atomic E-state index is 12.8. The summed E-state index contributed by atoms with van der Waals surface area (Å²) < 4.78 is 2.39. The van der Waals surface area contributed by atoms with Crippen molar-refractivity contribution < 1.29 is 14.7 Å². The van der Waals surface area contributed by atoms with E-state index in [1.165, 1.54) is 9.58 Å². The fraction of sp³-hybridized carbons (Fsp3) is 0.353. The number of aromatic nitrogens is 2. The van der Waals surface area contributed by atoms with Gasteiger partial charge in [-0.05, 0) is 29.7 Å². The van der Waals surface area contributed by atoms with Crippen molar-refractivity contribution in [2.24, 2.45) is 7.05 Å². The van der Waals surface area contributed by atoms with Crippen LogP contribution in [0, 0.1) is 0 Å². The van der Waals surface area contributed by atoms with Crippen LogP contribution in [0.2, 0.25) is 0 Å². The molecule has 0 saturated heterocycles. The predicted molar refractivity (Wildman–Crippen MR) is 93.8 cm³/mol. The number of aryl methyl sites for hydroxylation is 1. The molecule has 0 saturated carbocycles. The topological polar surface area (TPSA) is 75.4 Å². The normalized spacial score (nSPS) is 10.9. The Kier molecular flexibility index (Phi) is 5.77. The summed E-state index contributed by atoms with van der Waals surface area (Å²) in [6.45, 7) is 3.83. The smallest absolute Gasteiger partial charge is 0.323 e. The minimum atomic E-state index is -1.05. The molecule has 0 fully saturated rings. The number of rotatable bonds is 6. The number of benzene rings is 1. The number of amides is 1. The molecule has 0 unspecified atom stereocenters. The molecule has 24 heavy (non-hydrogen) atoms. The molecule has 0 aliphatic heterocycles. The fourth-order valence-corrected chi connectivity index (χ4v) is 2.80. The highest BCUT2D eigenvalue weighted by atomic mass is 79.9. The predicted octanol–water partition coefficient (Wildman–Crippen LogP) is 3.03. The number of hydrogen-bond donors (Lipinski definition) is 1. The number of halogens is 1. The van der Waals surface area contributed by atoms with E-state index in [0.717, 1.165) is 15.7 Å². The van der Waals surface area contributed by atoms with Gasteiger partial charge in [0.2, 0.25) is 0 Å². The number of carbonyl (C=O) groups is 2. The molecule has 7 heteroatoms. The highest BCUT2D eigenvalue weighted by Gasteiger charge is 2.23. The lowest BCUT2D eigenvalue weighted by atomic mass is 10.1. The van der Waals surface area contributed by atoms with E-state index in [-0.39, 0.29) is 24.9 Å². The summed E-state index contributed by atoms with van der Waals surface area (Å²) in [5, 5.41) is 13.5. The first-order chi connectivity index (χ1) is 11.3. The van der Waals surface area contributed by atoms with E-state index in [4.69, 9.17) is 5.11 Å². The van der Waals surface area contributed by atoms with Gasteiger partial charge >= 0.3 is 5.97 Å². The summed E-state index contributed by atoms with van der Waals surface area (Å²) in [5.41, 5.74) is 2.04. The molecular formula is C17H20BrN3O3. The number of nitrogens with zero attached hydrogens (tertiary/aromatic N) is 3. The van der Waals surface area contributed by atoms with Crippen LogP contribution in [0.4, 0.5) is 0 Å². The van der Waals surface area contributed by atoms with E-state index in [2.05, 4.69) is 21.0 Å². The van der Waals surface area contributed by atoms with Crippen LogP contribution in [0.5, 0.6) is 0 Å². The average molecular weight is 394 g/mol. The Balaban J connectivity index is 2.30. The zero-order chi connectivity index (χ0) is 17.9. The lowest BCUT2D eigenvalue weighted by Gasteiger charge is -2.21. The Morgan fingerprint density at radius 2 is 2.04 bits per heavy atom. The van der Waals surface area contributed by atoms with Crippen molar-refractivity contribution in [3.63, 3.8) is 0 Å². The van der Waals surface area contributed by atoms with Gasteiger partial charge in [0.1, 0.15) is 12.2 Å². The zero-order valence-corrected chi connectivity index (χ0v) is 15.4. The second-order valence-corrected chi connectivity index (χ2v) is 6.83. The van der Waals surface area contributed by atoms with Crippen LogP contribution in [0.25, 0.3) is 0 Å². The first-order valence-electron chi connectivity index (χ1n) is 7.57. The fourth-order valence-electron chi connectivity index (χ4n) is 2.35. The number of carbonyl (C=O) groups excluding carboxylic acids is 1. The van der Waals surface area contributed by atoms with Gasteiger partial charge in [-0.15, -0.1) is 0 Å². The van der Waals surface area contributed by atoms with Gasteiger partial charge in [-0.2, -0.15) is 5.10 Å². The van der Waals surface area contributed by atoms with Crippen molar-refractivity contribution in [2.45, 2.75) is 26.3 Å². The van der Waals surface area contributed by atoms with E-state index in [0.29, 0.717) is 5.69 Å². The molecule has 1 aromatic carbocycles. The van der Waals surface area contributed by atoms with Crippen LogP contribution in [-0.2, 0) is 18.4 Å². The Hall–Kier alpha value is -2.15. The van der Waals surface area contributed by atoms with Gasteiger partial charge in [0.15, 0.2) is 0 Å². The van der Waals surface area contributed by atoms with Gasteiger partial charge in [-0.1, -0.05) is 41.9 Å². The van der Waals surface area contributed by atoms with Gasteiger partial charge in [0.05, 0.1) is 5.69 Å². The first kappa shape index (κ1) is 18.2. The lowest BCUT2D eigenvalue weighted by Crippen LogP contribution is -2.36. The Morgan fingerprint density at radius 3 is 2.58 bits per heavy atom. The lowest BCUT2D eigenvalue weighted by molar-refractivity contribution is -0.137. The molecule has 1 heterocycles. The Bertz CT molecular complexity index is 755. The molecule has 6 nitrogen and oxygen atoms in total. The third kappa shape index (κ3) is 4.44. The molecular weight excluding hydrogens is 374 g/mol. The molecule has 128 valence electrons. The van der Waals surface area contributed by atoms with Gasteiger partial charge in [-0.3, -0.25) is 14.3 Å². The third-order valence-corrected chi connectivity index (χ3v) is 4.08. The van der Waals surface area contributed by atoms with E-state index in [1.807, 2.05) is 38.1 Å². The molecule has 0 bridgehead atoms. The van der Waals surface area contributed by atoms with Crippen LogP contribution >= 0.6 is 15.9 Å². The SMILES string of the molecule is CC(C)c1cc(C(=O)N(CC(=O)O)Cc2cccc(Br)c2)n(C)n1. The minimum absolute atomic E-state index is 0.191. The van der Waals surface area contributed by atoms with Crippen molar-refractivity contribution in [2.75, 3.05) is 6.54 Å². The van der Waals surface area contributed by atoms with Crippen molar-refractivity contribution in [1.82, 2.24) is 14.7 Å². The molecule has 1 amide bonds. The molecule has 1 aromatic heterocycles. The summed E-state index contributed by atoms with van der Waals surface area (Å²) in [6, 6.07) is 9.18. The maximum Gasteiger partial charge on any atom is 0.323 e. The zero-order valence-electron chi connectivity index (χ0n) is 13.9. The van der Waals surface area contributed by atoms with Crippen molar-refractivity contribution >= 4 is 27.8 Å². The molecule has 2 rings (SSSR count). The quantitative estimate of drug-likeness (QED) is 0.817. The monoisotopic (exact) mass is 393 g/mol. The molecule has 1 N–H and O–H groups in total. The summed E-state index contributed by atoms with van der Waals surface area (Å²) >= 11 is 3.38. The van der Waals surface area contributed by atoms with Crippen LogP contribution < -0.4 is 0 Å². The first-order valence-corrected chi connectivity index (χ1v) is 8.36. The van der Waals surface area contributed by atoms with Crippen LogP contribution in [0.15, 0.2) is 34.8 Å². The average Bonchev–Trinajstić information content (AvgIpc) is 2.87. The van der Waals surface area contributed by atoms with Gasteiger partial charge in [0.25, 0.3) is 5.91 Å². The number of carboxylic acid groups (broad SMARTS) is 1.